The molecule has 0 radical (unpaired) electrons. The highest BCUT2D eigenvalue weighted by Crippen LogP contribution is 2.55. The van der Waals surface area contributed by atoms with Crippen molar-refractivity contribution in [2.75, 3.05) is 13.1 Å². The van der Waals surface area contributed by atoms with E-state index < -0.39 is 0 Å². The van der Waals surface area contributed by atoms with E-state index in [1.807, 2.05) is 17.0 Å². The monoisotopic (exact) mass is 332 g/mol. The number of benzene rings is 1. The molecule has 2 aliphatic heterocycles. The number of likely N-dealkylation sites (tertiary alicyclic amines) is 1. The second-order valence-electron chi connectivity index (χ2n) is 6.92. The van der Waals surface area contributed by atoms with Crippen LogP contribution in [0.5, 0.6) is 0 Å². The lowest BCUT2D eigenvalue weighted by molar-refractivity contribution is -0.134. The van der Waals surface area contributed by atoms with Crippen molar-refractivity contribution in [2.45, 2.75) is 43.6 Å². The Bertz CT molecular complexity index is 656. The minimum absolute atomic E-state index is 0.0613. The van der Waals surface area contributed by atoms with Crippen LogP contribution in [0.15, 0.2) is 36.0 Å². The van der Waals surface area contributed by atoms with E-state index in [9.17, 15) is 4.79 Å². The van der Waals surface area contributed by atoms with Crippen molar-refractivity contribution in [1.82, 2.24) is 10.4 Å². The topological polar surface area (TPSA) is 41.6 Å². The fourth-order valence-electron chi connectivity index (χ4n) is 3.77. The molecule has 0 aromatic heterocycles. The third kappa shape index (κ3) is 2.54. The zero-order chi connectivity index (χ0) is 16.1. The Morgan fingerprint density at radius 2 is 1.83 bits per heavy atom. The molecule has 1 aromatic rings. The summed E-state index contributed by atoms with van der Waals surface area (Å²) in [5.74, 6) is 0.148. The van der Waals surface area contributed by atoms with Crippen LogP contribution in [0.4, 0.5) is 0 Å². The van der Waals surface area contributed by atoms with Crippen LogP contribution in [0, 0.1) is 0 Å². The number of carbonyl (C=O) groups excluding carboxylic acids is 1. The van der Waals surface area contributed by atoms with Crippen molar-refractivity contribution in [3.05, 3.63) is 46.6 Å². The summed E-state index contributed by atoms with van der Waals surface area (Å²) in [7, 11) is 0. The largest absolute Gasteiger partial charge is 0.343 e. The van der Waals surface area contributed by atoms with Crippen LogP contribution in [-0.2, 0) is 15.0 Å². The number of halogens is 1. The van der Waals surface area contributed by atoms with E-state index in [4.69, 9.17) is 16.4 Å². The lowest BCUT2D eigenvalue weighted by atomic mass is 9.86. The van der Waals surface area contributed by atoms with Gasteiger partial charge in [0, 0.05) is 49.0 Å². The first-order valence-corrected chi connectivity index (χ1v) is 8.60. The van der Waals surface area contributed by atoms with E-state index >= 15 is 0 Å². The molecule has 3 aliphatic rings. The third-order valence-corrected chi connectivity index (χ3v) is 5.74. The summed E-state index contributed by atoms with van der Waals surface area (Å²) in [5.41, 5.74) is 5.47. The maximum Gasteiger partial charge on any atom is 0.219 e. The number of nitrogens with zero attached hydrogens (tertiary/aromatic N) is 1. The summed E-state index contributed by atoms with van der Waals surface area (Å²) >= 11 is 6.01. The van der Waals surface area contributed by atoms with Gasteiger partial charge in [-0.25, -0.2) is 0 Å². The number of amides is 1. The standard InChI is InChI=1S/C18H21ClN2O2/c1-13(22)21-10-8-17(9-11-21)12-16(20-23-17)18(6-7-18)14-2-4-15(19)5-3-14/h2-5,12,20H,6-11H2,1H3. The molecule has 0 bridgehead atoms. The average molecular weight is 333 g/mol. The van der Waals surface area contributed by atoms with Crippen molar-refractivity contribution in [3.8, 4) is 0 Å². The number of carbonyl (C=O) groups is 1. The molecule has 1 amide bonds. The smallest absolute Gasteiger partial charge is 0.219 e. The molecule has 0 atom stereocenters. The number of piperidine rings is 1. The molecule has 122 valence electrons. The van der Waals surface area contributed by atoms with Gasteiger partial charge in [-0.3, -0.25) is 15.1 Å². The van der Waals surface area contributed by atoms with E-state index in [1.54, 1.807) is 6.92 Å². The van der Waals surface area contributed by atoms with Gasteiger partial charge >= 0.3 is 0 Å². The van der Waals surface area contributed by atoms with Gasteiger partial charge in [0.25, 0.3) is 0 Å². The lowest BCUT2D eigenvalue weighted by Gasteiger charge is -2.36. The Kier molecular flexibility index (Phi) is 3.43. The molecular formula is C18H21ClN2O2. The second kappa shape index (κ2) is 5.25. The van der Waals surface area contributed by atoms with Crippen molar-refractivity contribution < 1.29 is 9.63 Å². The number of nitrogens with one attached hydrogen (secondary N) is 1. The van der Waals surface area contributed by atoms with E-state index in [0.717, 1.165) is 43.8 Å². The summed E-state index contributed by atoms with van der Waals surface area (Å²) < 4.78 is 0. The van der Waals surface area contributed by atoms with Gasteiger partial charge < -0.3 is 4.90 Å². The normalized spacial score (nSPS) is 24.3. The van der Waals surface area contributed by atoms with E-state index in [1.165, 1.54) is 11.3 Å². The molecule has 4 nitrogen and oxygen atoms in total. The maximum absolute atomic E-state index is 11.5. The van der Waals surface area contributed by atoms with Crippen molar-refractivity contribution in [1.29, 1.82) is 0 Å². The molecule has 0 unspecified atom stereocenters. The molecule has 1 aromatic carbocycles. The van der Waals surface area contributed by atoms with Gasteiger partial charge in [-0.1, -0.05) is 23.7 Å². The summed E-state index contributed by atoms with van der Waals surface area (Å²) in [4.78, 5) is 19.4. The summed E-state index contributed by atoms with van der Waals surface area (Å²) in [6, 6.07) is 8.13. The Morgan fingerprint density at radius 1 is 1.17 bits per heavy atom. The summed E-state index contributed by atoms with van der Waals surface area (Å²) in [6.07, 6.45) is 6.23. The molecule has 1 saturated heterocycles. The van der Waals surface area contributed by atoms with E-state index in [0.29, 0.717) is 0 Å². The van der Waals surface area contributed by atoms with Gasteiger partial charge in [-0.15, -0.1) is 0 Å². The van der Waals surface area contributed by atoms with Crippen LogP contribution in [0.3, 0.4) is 0 Å². The van der Waals surface area contributed by atoms with Crippen molar-refractivity contribution in [3.63, 3.8) is 0 Å². The molecule has 2 heterocycles. The average Bonchev–Trinajstić information content (AvgIpc) is 3.26. The van der Waals surface area contributed by atoms with Crippen molar-refractivity contribution in [2.24, 2.45) is 0 Å². The Morgan fingerprint density at radius 3 is 2.39 bits per heavy atom. The van der Waals surface area contributed by atoms with Crippen LogP contribution in [0.2, 0.25) is 5.02 Å². The number of rotatable bonds is 2. The Hall–Kier alpha value is -1.52. The van der Waals surface area contributed by atoms with Gasteiger partial charge in [-0.05, 0) is 36.6 Å². The van der Waals surface area contributed by atoms with Gasteiger partial charge in [-0.2, -0.15) is 0 Å². The van der Waals surface area contributed by atoms with E-state index in [2.05, 4.69) is 23.7 Å². The molecular weight excluding hydrogens is 312 g/mol. The summed E-state index contributed by atoms with van der Waals surface area (Å²) in [6.45, 7) is 3.15. The predicted octanol–water partition coefficient (Wildman–Crippen LogP) is 3.17. The van der Waals surface area contributed by atoms with Gasteiger partial charge in [0.05, 0.1) is 0 Å². The zero-order valence-electron chi connectivity index (χ0n) is 13.3. The van der Waals surface area contributed by atoms with Gasteiger partial charge in [0.1, 0.15) is 5.60 Å². The zero-order valence-corrected chi connectivity index (χ0v) is 14.0. The van der Waals surface area contributed by atoms with Gasteiger partial charge in [0.2, 0.25) is 5.91 Å². The van der Waals surface area contributed by atoms with Crippen LogP contribution >= 0.6 is 11.6 Å². The molecule has 1 aliphatic carbocycles. The molecule has 23 heavy (non-hydrogen) atoms. The highest BCUT2D eigenvalue weighted by Gasteiger charge is 2.52. The summed E-state index contributed by atoms with van der Waals surface area (Å²) in [5, 5.41) is 0.766. The molecule has 1 N–H and O–H groups in total. The quantitative estimate of drug-likeness (QED) is 0.904. The number of hydrogen-bond acceptors (Lipinski definition) is 3. The first kappa shape index (κ1) is 15.0. The van der Waals surface area contributed by atoms with E-state index in [-0.39, 0.29) is 16.9 Å². The Labute approximate surface area is 141 Å². The maximum atomic E-state index is 11.5. The van der Waals surface area contributed by atoms with Gasteiger partial charge in [0.15, 0.2) is 0 Å². The minimum atomic E-state index is -0.261. The first-order chi connectivity index (χ1) is 11.0. The lowest BCUT2D eigenvalue weighted by Crippen LogP contribution is -2.46. The fourth-order valence-corrected chi connectivity index (χ4v) is 3.89. The highest BCUT2D eigenvalue weighted by molar-refractivity contribution is 6.30. The molecule has 2 fully saturated rings. The minimum Gasteiger partial charge on any atom is -0.343 e. The molecule has 4 rings (SSSR count). The number of allylic oxidation sites excluding steroid dienone is 1. The second-order valence-corrected chi connectivity index (χ2v) is 7.36. The first-order valence-electron chi connectivity index (χ1n) is 8.22. The van der Waals surface area contributed by atoms with Crippen LogP contribution in [0.25, 0.3) is 0 Å². The number of hydrogen-bond donors (Lipinski definition) is 1. The molecule has 1 spiro atoms. The predicted molar refractivity (Wildman–Crippen MR) is 88.9 cm³/mol. The fraction of sp³-hybridized carbons (Fsp3) is 0.500. The Balaban J connectivity index is 1.55. The highest BCUT2D eigenvalue weighted by atomic mass is 35.5. The van der Waals surface area contributed by atoms with Crippen LogP contribution in [0.1, 0.15) is 38.2 Å². The van der Waals surface area contributed by atoms with Crippen LogP contribution < -0.4 is 5.48 Å². The third-order valence-electron chi connectivity index (χ3n) is 5.49. The molecule has 1 saturated carbocycles. The molecule has 5 heteroatoms. The number of hydroxylamine groups is 1. The SMILES string of the molecule is CC(=O)N1CCC2(C=C(C3(c4ccc(Cl)cc4)CC3)NO2)CC1. The van der Waals surface area contributed by atoms with Crippen LogP contribution in [-0.4, -0.2) is 29.5 Å². The van der Waals surface area contributed by atoms with Crippen molar-refractivity contribution >= 4 is 17.5 Å².